The maximum Gasteiger partial charge on any atom is 0.416 e. The van der Waals surface area contributed by atoms with Crippen molar-refractivity contribution in [3.05, 3.63) is 34.9 Å². The van der Waals surface area contributed by atoms with Crippen LogP contribution < -0.4 is 5.32 Å². The number of aliphatic hydroxyl groups excluding tert-OH is 1. The molecule has 136 valence electrons. The average Bonchev–Trinajstić information content (AvgIpc) is 2.51. The molecule has 1 heterocycles. The number of aliphatic hydroxyl groups is 1. The Hall–Kier alpha value is -1.32. The molecule has 0 aromatic heterocycles. The number of alkyl halides is 6. The van der Waals surface area contributed by atoms with Crippen LogP contribution in [-0.4, -0.2) is 42.8 Å². The third-order valence-electron chi connectivity index (χ3n) is 4.04. The van der Waals surface area contributed by atoms with Gasteiger partial charge in [-0.15, -0.1) is 0 Å². The second-order valence-corrected chi connectivity index (χ2v) is 5.61. The lowest BCUT2D eigenvalue weighted by molar-refractivity contribution is -0.143. The zero-order valence-corrected chi connectivity index (χ0v) is 12.7. The predicted octanol–water partition coefficient (Wildman–Crippen LogP) is 3.05. The summed E-state index contributed by atoms with van der Waals surface area (Å²) in [5.41, 5.74) is -2.86. The fraction of sp³-hybridized carbons (Fsp3) is 0.600. The van der Waals surface area contributed by atoms with Gasteiger partial charge in [-0.1, -0.05) is 6.07 Å². The van der Waals surface area contributed by atoms with Crippen molar-refractivity contribution in [2.45, 2.75) is 24.8 Å². The van der Waals surface area contributed by atoms with Gasteiger partial charge in [0.1, 0.15) is 0 Å². The Bertz CT molecular complexity index is 552. The number of nitrogens with zero attached hydrogens (tertiary/aromatic N) is 1. The van der Waals surface area contributed by atoms with Crippen LogP contribution in [0.2, 0.25) is 0 Å². The number of benzene rings is 1. The van der Waals surface area contributed by atoms with Gasteiger partial charge in [0, 0.05) is 38.8 Å². The van der Waals surface area contributed by atoms with E-state index in [1.807, 2.05) is 0 Å². The number of hydrogen-bond donors (Lipinski definition) is 2. The molecule has 0 saturated carbocycles. The van der Waals surface area contributed by atoms with Crippen molar-refractivity contribution in [1.82, 2.24) is 10.2 Å². The largest absolute Gasteiger partial charge is 0.416 e. The molecule has 0 aliphatic carbocycles. The lowest BCUT2D eigenvalue weighted by Gasteiger charge is -2.36. The van der Waals surface area contributed by atoms with Crippen LogP contribution in [0.15, 0.2) is 18.2 Å². The molecule has 0 spiro atoms. The molecule has 1 aliphatic heterocycles. The van der Waals surface area contributed by atoms with Crippen LogP contribution in [0.3, 0.4) is 0 Å². The fourth-order valence-electron chi connectivity index (χ4n) is 2.92. The van der Waals surface area contributed by atoms with E-state index in [-0.39, 0.29) is 24.7 Å². The third-order valence-corrected chi connectivity index (χ3v) is 4.04. The summed E-state index contributed by atoms with van der Waals surface area (Å²) in [5.74, 6) is 0. The van der Waals surface area contributed by atoms with E-state index < -0.39 is 29.5 Å². The van der Waals surface area contributed by atoms with Crippen molar-refractivity contribution in [2.75, 3.05) is 32.8 Å². The van der Waals surface area contributed by atoms with Crippen molar-refractivity contribution in [3.8, 4) is 0 Å². The van der Waals surface area contributed by atoms with Gasteiger partial charge in [0.05, 0.1) is 11.1 Å². The topological polar surface area (TPSA) is 35.5 Å². The first kappa shape index (κ1) is 19.0. The van der Waals surface area contributed by atoms with Gasteiger partial charge in [0.15, 0.2) is 0 Å². The molecule has 1 fully saturated rings. The minimum Gasteiger partial charge on any atom is -0.396 e. The van der Waals surface area contributed by atoms with Gasteiger partial charge < -0.3 is 10.4 Å². The van der Waals surface area contributed by atoms with Crippen LogP contribution in [0.4, 0.5) is 26.3 Å². The van der Waals surface area contributed by atoms with Crippen LogP contribution >= 0.6 is 0 Å². The number of hydrogen-bond acceptors (Lipinski definition) is 3. The average molecular weight is 356 g/mol. The van der Waals surface area contributed by atoms with Crippen molar-refractivity contribution >= 4 is 0 Å². The summed E-state index contributed by atoms with van der Waals surface area (Å²) in [7, 11) is 0. The molecular formula is C15H18F6N2O. The minimum atomic E-state index is -4.90. The van der Waals surface area contributed by atoms with E-state index in [9.17, 15) is 31.4 Å². The van der Waals surface area contributed by atoms with Gasteiger partial charge in [0.25, 0.3) is 0 Å². The molecule has 9 heteroatoms. The summed E-state index contributed by atoms with van der Waals surface area (Å²) in [6, 6.07) is 0.920. The summed E-state index contributed by atoms with van der Waals surface area (Å²) in [5, 5.41) is 12.3. The van der Waals surface area contributed by atoms with E-state index in [1.165, 1.54) is 0 Å². The normalized spacial score (nSPS) is 18.6. The van der Waals surface area contributed by atoms with Crippen LogP contribution in [-0.2, 0) is 12.4 Å². The molecule has 0 bridgehead atoms. The van der Waals surface area contributed by atoms with Crippen LogP contribution in [0, 0.1) is 0 Å². The molecule has 0 unspecified atom stereocenters. The highest BCUT2D eigenvalue weighted by Gasteiger charge is 2.40. The summed E-state index contributed by atoms with van der Waals surface area (Å²) in [6.45, 7) is 1.71. The van der Waals surface area contributed by atoms with Crippen LogP contribution in [0.5, 0.6) is 0 Å². The number of halogens is 6. The van der Waals surface area contributed by atoms with Crippen LogP contribution in [0.1, 0.15) is 29.2 Å². The molecule has 1 aliphatic rings. The van der Waals surface area contributed by atoms with E-state index >= 15 is 0 Å². The zero-order chi connectivity index (χ0) is 18.0. The number of piperazine rings is 1. The van der Waals surface area contributed by atoms with E-state index in [4.69, 9.17) is 0 Å². The van der Waals surface area contributed by atoms with Crippen molar-refractivity contribution in [1.29, 1.82) is 0 Å². The quantitative estimate of drug-likeness (QED) is 0.814. The summed E-state index contributed by atoms with van der Waals surface area (Å²) in [4.78, 5) is 1.75. The van der Waals surface area contributed by atoms with Gasteiger partial charge in [-0.25, -0.2) is 0 Å². The number of rotatable bonds is 4. The molecule has 3 nitrogen and oxygen atoms in total. The zero-order valence-electron chi connectivity index (χ0n) is 12.7. The molecule has 1 aromatic carbocycles. The molecule has 1 aromatic rings. The Morgan fingerprint density at radius 3 is 2.17 bits per heavy atom. The highest BCUT2D eigenvalue weighted by molar-refractivity contribution is 5.37. The molecule has 0 radical (unpaired) electrons. The highest BCUT2D eigenvalue weighted by atomic mass is 19.4. The first-order valence-corrected chi connectivity index (χ1v) is 7.48. The molecular weight excluding hydrogens is 338 g/mol. The summed E-state index contributed by atoms with van der Waals surface area (Å²) < 4.78 is 78.3. The van der Waals surface area contributed by atoms with E-state index in [1.54, 1.807) is 4.90 Å². The van der Waals surface area contributed by atoms with Crippen molar-refractivity contribution < 1.29 is 31.4 Å². The Morgan fingerprint density at radius 2 is 1.67 bits per heavy atom. The SMILES string of the molecule is OCC[C@H](c1ccc(C(F)(F)F)cc1C(F)(F)F)N1CCNCC1. The van der Waals surface area contributed by atoms with E-state index in [2.05, 4.69) is 5.32 Å². The smallest absolute Gasteiger partial charge is 0.396 e. The second-order valence-electron chi connectivity index (χ2n) is 5.61. The van der Waals surface area contributed by atoms with Gasteiger partial charge in [-0.2, -0.15) is 26.3 Å². The second kappa shape index (κ2) is 7.28. The maximum atomic E-state index is 13.3. The molecule has 2 rings (SSSR count). The Morgan fingerprint density at radius 1 is 1.04 bits per heavy atom. The minimum absolute atomic E-state index is 0.0223. The fourth-order valence-corrected chi connectivity index (χ4v) is 2.92. The predicted molar refractivity (Wildman–Crippen MR) is 75.3 cm³/mol. The van der Waals surface area contributed by atoms with Gasteiger partial charge in [-0.3, -0.25) is 4.90 Å². The Balaban J connectivity index is 2.48. The summed E-state index contributed by atoms with van der Waals surface area (Å²) >= 11 is 0. The van der Waals surface area contributed by atoms with Crippen molar-refractivity contribution in [3.63, 3.8) is 0 Å². The third kappa shape index (κ3) is 4.40. The maximum absolute atomic E-state index is 13.3. The van der Waals surface area contributed by atoms with Crippen LogP contribution in [0.25, 0.3) is 0 Å². The highest BCUT2D eigenvalue weighted by Crippen LogP contribution is 2.41. The lowest BCUT2D eigenvalue weighted by atomic mass is 9.94. The Labute approximate surface area is 135 Å². The molecule has 0 amide bonds. The monoisotopic (exact) mass is 356 g/mol. The van der Waals surface area contributed by atoms with Crippen molar-refractivity contribution in [2.24, 2.45) is 0 Å². The standard InChI is InChI=1S/C15H18F6N2O/c16-14(17,18)10-1-2-11(12(9-10)15(19,20)21)13(3-8-24)23-6-4-22-5-7-23/h1-2,9,13,22,24H,3-8H2/t13-/m1/s1. The van der Waals surface area contributed by atoms with Gasteiger partial charge >= 0.3 is 12.4 Å². The van der Waals surface area contributed by atoms with E-state index in [0.717, 1.165) is 6.07 Å². The summed E-state index contributed by atoms with van der Waals surface area (Å²) in [6.07, 6.45) is -9.73. The van der Waals surface area contributed by atoms with Gasteiger partial charge in [0.2, 0.25) is 0 Å². The first-order chi connectivity index (χ1) is 11.1. The molecule has 24 heavy (non-hydrogen) atoms. The molecule has 2 N–H and O–H groups in total. The molecule has 1 saturated heterocycles. The Kier molecular flexibility index (Phi) is 5.77. The first-order valence-electron chi connectivity index (χ1n) is 7.48. The molecule has 1 atom stereocenters. The van der Waals surface area contributed by atoms with E-state index in [0.29, 0.717) is 32.2 Å². The lowest BCUT2D eigenvalue weighted by Crippen LogP contribution is -2.45. The number of nitrogens with one attached hydrogen (secondary N) is 1. The van der Waals surface area contributed by atoms with Gasteiger partial charge in [-0.05, 0) is 24.1 Å².